The van der Waals surface area contributed by atoms with E-state index in [1.807, 2.05) is 30.3 Å². The summed E-state index contributed by atoms with van der Waals surface area (Å²) in [5.74, 6) is 0.813. The van der Waals surface area contributed by atoms with Crippen molar-refractivity contribution in [3.05, 3.63) is 78.4 Å². The van der Waals surface area contributed by atoms with E-state index in [9.17, 15) is 13.2 Å². The van der Waals surface area contributed by atoms with E-state index in [2.05, 4.69) is 10.0 Å². The van der Waals surface area contributed by atoms with Crippen molar-refractivity contribution in [1.82, 2.24) is 4.72 Å². The molecule has 3 aromatic rings. The van der Waals surface area contributed by atoms with E-state index in [1.54, 1.807) is 31.4 Å². The van der Waals surface area contributed by atoms with Crippen LogP contribution in [-0.4, -0.2) is 41.7 Å². The van der Waals surface area contributed by atoms with Crippen molar-refractivity contribution in [2.24, 2.45) is 0 Å². The average Bonchev–Trinajstić information content (AvgIpc) is 2.84. The van der Waals surface area contributed by atoms with Crippen LogP contribution in [0.25, 0.3) is 0 Å². The van der Waals surface area contributed by atoms with E-state index in [-0.39, 0.29) is 17.1 Å². The smallest absolute Gasteiger partial charge is 0.242 e. The lowest BCUT2D eigenvalue weighted by Crippen LogP contribution is -2.45. The largest absolute Gasteiger partial charge is 0.497 e. The molecule has 3 rings (SSSR count). The van der Waals surface area contributed by atoms with Crippen molar-refractivity contribution in [2.45, 2.75) is 17.4 Å². The number of benzene rings is 3. The normalized spacial score (nSPS) is 12.0. The molecule has 0 unspecified atom stereocenters. The summed E-state index contributed by atoms with van der Waals surface area (Å²) in [7, 11) is 0.377. The summed E-state index contributed by atoms with van der Waals surface area (Å²) in [6.07, 6.45) is 0.162. The number of rotatable bonds is 10. The average molecular weight is 471 g/mol. The zero-order valence-electron chi connectivity index (χ0n) is 18.6. The van der Waals surface area contributed by atoms with Crippen molar-refractivity contribution in [2.75, 3.05) is 26.6 Å². The number of anilines is 1. The van der Waals surface area contributed by atoms with Gasteiger partial charge in [-0.2, -0.15) is 4.72 Å². The zero-order valence-corrected chi connectivity index (χ0v) is 19.4. The number of carbonyl (C=O) groups excluding carboxylic acids is 1. The molecule has 0 heterocycles. The molecule has 9 heteroatoms. The quantitative estimate of drug-likeness (QED) is 0.472. The third-order valence-corrected chi connectivity index (χ3v) is 6.39. The van der Waals surface area contributed by atoms with Gasteiger partial charge in [0.2, 0.25) is 15.9 Å². The van der Waals surface area contributed by atoms with E-state index < -0.39 is 22.0 Å². The van der Waals surface area contributed by atoms with Gasteiger partial charge in [0.15, 0.2) is 11.5 Å². The number of amides is 1. The van der Waals surface area contributed by atoms with E-state index in [1.165, 1.54) is 32.4 Å². The van der Waals surface area contributed by atoms with Gasteiger partial charge in [0, 0.05) is 11.8 Å². The molecular weight excluding hydrogens is 444 g/mol. The van der Waals surface area contributed by atoms with Gasteiger partial charge in [-0.05, 0) is 48.4 Å². The molecule has 0 fully saturated rings. The van der Waals surface area contributed by atoms with Gasteiger partial charge in [-0.3, -0.25) is 4.79 Å². The van der Waals surface area contributed by atoms with Crippen LogP contribution in [0.5, 0.6) is 17.2 Å². The lowest BCUT2D eigenvalue weighted by molar-refractivity contribution is -0.117. The van der Waals surface area contributed by atoms with Crippen LogP contribution in [-0.2, 0) is 21.2 Å². The molecule has 0 spiro atoms. The van der Waals surface area contributed by atoms with Crippen LogP contribution in [0.15, 0.2) is 77.7 Å². The second-order valence-corrected chi connectivity index (χ2v) is 8.81. The molecule has 0 bridgehead atoms. The van der Waals surface area contributed by atoms with Crippen molar-refractivity contribution in [1.29, 1.82) is 0 Å². The molecule has 2 N–H and O–H groups in total. The van der Waals surface area contributed by atoms with E-state index in [0.29, 0.717) is 17.2 Å². The first kappa shape index (κ1) is 24.1. The van der Waals surface area contributed by atoms with Gasteiger partial charge < -0.3 is 19.5 Å². The number of hydrogen-bond donors (Lipinski definition) is 2. The molecule has 0 aliphatic carbocycles. The Kier molecular flexibility index (Phi) is 7.92. The van der Waals surface area contributed by atoms with Crippen LogP contribution in [0.3, 0.4) is 0 Å². The molecule has 8 nitrogen and oxygen atoms in total. The van der Waals surface area contributed by atoms with Crippen LogP contribution in [0.1, 0.15) is 5.56 Å². The number of hydrogen-bond acceptors (Lipinski definition) is 6. The van der Waals surface area contributed by atoms with Crippen molar-refractivity contribution >= 4 is 21.6 Å². The van der Waals surface area contributed by atoms with Gasteiger partial charge in [0.05, 0.1) is 26.2 Å². The molecule has 1 amide bonds. The molecule has 0 saturated heterocycles. The summed E-state index contributed by atoms with van der Waals surface area (Å²) in [5, 5.41) is 2.76. The maximum atomic E-state index is 13.1. The summed E-state index contributed by atoms with van der Waals surface area (Å²) in [5.41, 5.74) is 1.33. The third-order valence-electron chi connectivity index (χ3n) is 4.92. The van der Waals surface area contributed by atoms with Gasteiger partial charge in [-0.1, -0.05) is 30.3 Å². The first-order valence-corrected chi connectivity index (χ1v) is 11.6. The van der Waals surface area contributed by atoms with Crippen LogP contribution in [0, 0.1) is 0 Å². The minimum atomic E-state index is -4.05. The predicted molar refractivity (Wildman–Crippen MR) is 125 cm³/mol. The summed E-state index contributed by atoms with van der Waals surface area (Å²) >= 11 is 0. The van der Waals surface area contributed by atoms with Gasteiger partial charge in [-0.25, -0.2) is 8.42 Å². The lowest BCUT2D eigenvalue weighted by atomic mass is 10.1. The SMILES string of the molecule is COc1ccc(NC(=O)[C@H](Cc2ccccc2)NS(=O)(=O)c2ccc(OC)c(OC)c2)cc1. The topological polar surface area (TPSA) is 103 Å². The van der Waals surface area contributed by atoms with Gasteiger partial charge in [-0.15, -0.1) is 0 Å². The second-order valence-electron chi connectivity index (χ2n) is 7.10. The Balaban J connectivity index is 1.87. The monoisotopic (exact) mass is 470 g/mol. The fraction of sp³-hybridized carbons (Fsp3) is 0.208. The Morgan fingerprint density at radius 3 is 2.12 bits per heavy atom. The minimum Gasteiger partial charge on any atom is -0.497 e. The van der Waals surface area contributed by atoms with E-state index in [4.69, 9.17) is 14.2 Å². The molecule has 3 aromatic carbocycles. The summed E-state index contributed by atoms with van der Waals surface area (Å²) in [6, 6.07) is 19.1. The number of sulfonamides is 1. The highest BCUT2D eigenvalue weighted by Gasteiger charge is 2.27. The van der Waals surface area contributed by atoms with Gasteiger partial charge >= 0.3 is 0 Å². The van der Waals surface area contributed by atoms with Crippen LogP contribution < -0.4 is 24.2 Å². The van der Waals surface area contributed by atoms with Crippen molar-refractivity contribution in [3.63, 3.8) is 0 Å². The van der Waals surface area contributed by atoms with Gasteiger partial charge in [0.25, 0.3) is 0 Å². The lowest BCUT2D eigenvalue weighted by Gasteiger charge is -2.19. The summed E-state index contributed by atoms with van der Waals surface area (Å²) in [4.78, 5) is 13.0. The maximum Gasteiger partial charge on any atom is 0.242 e. The third kappa shape index (κ3) is 6.24. The number of methoxy groups -OCH3 is 3. The molecule has 174 valence electrons. The Morgan fingerprint density at radius 2 is 1.52 bits per heavy atom. The van der Waals surface area contributed by atoms with Crippen LogP contribution in [0.4, 0.5) is 5.69 Å². The first-order chi connectivity index (χ1) is 15.9. The number of carbonyl (C=O) groups is 1. The van der Waals surface area contributed by atoms with E-state index >= 15 is 0 Å². The molecule has 0 aromatic heterocycles. The number of nitrogens with one attached hydrogen (secondary N) is 2. The summed E-state index contributed by atoms with van der Waals surface area (Å²) in [6.45, 7) is 0. The molecule has 33 heavy (non-hydrogen) atoms. The number of ether oxygens (including phenoxy) is 3. The van der Waals surface area contributed by atoms with Gasteiger partial charge in [0.1, 0.15) is 11.8 Å². The minimum absolute atomic E-state index is 0.0459. The Morgan fingerprint density at radius 1 is 0.848 bits per heavy atom. The van der Waals surface area contributed by atoms with Crippen LogP contribution in [0.2, 0.25) is 0 Å². The fourth-order valence-electron chi connectivity index (χ4n) is 3.18. The molecule has 0 aliphatic heterocycles. The summed E-state index contributed by atoms with van der Waals surface area (Å²) < 4.78 is 44.3. The predicted octanol–water partition coefficient (Wildman–Crippen LogP) is 3.24. The zero-order chi connectivity index (χ0) is 23.8. The Bertz CT molecular complexity index is 1180. The highest BCUT2D eigenvalue weighted by molar-refractivity contribution is 7.89. The first-order valence-electron chi connectivity index (χ1n) is 10.1. The molecule has 0 aliphatic rings. The fourth-order valence-corrected chi connectivity index (χ4v) is 4.39. The highest BCUT2D eigenvalue weighted by atomic mass is 32.2. The van der Waals surface area contributed by atoms with Crippen molar-refractivity contribution in [3.8, 4) is 17.2 Å². The van der Waals surface area contributed by atoms with Crippen LogP contribution >= 0.6 is 0 Å². The highest BCUT2D eigenvalue weighted by Crippen LogP contribution is 2.29. The molecule has 0 saturated carbocycles. The second kappa shape index (κ2) is 10.8. The van der Waals surface area contributed by atoms with Crippen molar-refractivity contribution < 1.29 is 27.4 Å². The Labute approximate surface area is 193 Å². The maximum absolute atomic E-state index is 13.1. The van der Waals surface area contributed by atoms with E-state index in [0.717, 1.165) is 5.56 Å². The molecular formula is C24H26N2O6S. The molecule has 1 atom stereocenters. The Hall–Kier alpha value is -3.56. The molecule has 0 radical (unpaired) electrons. The standard InChI is InChI=1S/C24H26N2O6S/c1-30-19-11-9-18(10-12-19)25-24(27)21(15-17-7-5-4-6-8-17)26-33(28,29)20-13-14-22(31-2)23(16-20)32-3/h4-14,16,21,26H,15H2,1-3H3,(H,25,27)/t21-/m0/s1.